The highest BCUT2D eigenvalue weighted by Crippen LogP contribution is 2.34. The fourth-order valence-corrected chi connectivity index (χ4v) is 4.77. The Balaban J connectivity index is 1.40. The molecular weight excluding hydrogens is 396 g/mol. The van der Waals surface area contributed by atoms with Crippen LogP contribution in [-0.4, -0.2) is 56.5 Å². The van der Waals surface area contributed by atoms with E-state index in [1.54, 1.807) is 11.0 Å². The molecule has 31 heavy (non-hydrogen) atoms. The second kappa shape index (κ2) is 8.67. The predicted molar refractivity (Wildman–Crippen MR) is 114 cm³/mol. The predicted octanol–water partition coefficient (Wildman–Crippen LogP) is 1.90. The molecule has 5 rings (SSSR count). The lowest BCUT2D eigenvalue weighted by Gasteiger charge is -2.29. The molecule has 2 atom stereocenters. The molecule has 1 N–H and O–H groups in total. The monoisotopic (exact) mass is 425 g/mol. The first-order valence-corrected chi connectivity index (χ1v) is 11.1. The zero-order valence-corrected chi connectivity index (χ0v) is 17.9. The smallest absolute Gasteiger partial charge is 0.254 e. The van der Waals surface area contributed by atoms with E-state index in [4.69, 9.17) is 18.9 Å². The molecule has 0 spiro atoms. The van der Waals surface area contributed by atoms with Crippen molar-refractivity contribution in [3.8, 4) is 23.0 Å². The molecule has 0 radical (unpaired) electrons. The number of likely N-dealkylation sites (N-methyl/N-ethyl adjacent to an activating group) is 1. The molecule has 1 unspecified atom stereocenters. The van der Waals surface area contributed by atoms with Crippen LogP contribution < -0.4 is 23.8 Å². The molecule has 1 saturated heterocycles. The Hall–Kier alpha value is -2.93. The average Bonchev–Trinajstić information content (AvgIpc) is 3.46. The van der Waals surface area contributed by atoms with Crippen molar-refractivity contribution in [3.05, 3.63) is 47.5 Å². The van der Waals surface area contributed by atoms with E-state index in [1.807, 2.05) is 35.2 Å². The fraction of sp³-hybridized carbons (Fsp3) is 0.458. The molecule has 0 saturated carbocycles. The van der Waals surface area contributed by atoms with Crippen molar-refractivity contribution in [1.29, 1.82) is 0 Å². The number of benzene rings is 2. The zero-order valence-electron chi connectivity index (χ0n) is 17.9. The number of ether oxygens (including phenoxy) is 4. The van der Waals surface area contributed by atoms with Crippen LogP contribution >= 0.6 is 0 Å². The maximum atomic E-state index is 13.6. The molecule has 7 heteroatoms. The summed E-state index contributed by atoms with van der Waals surface area (Å²) in [6, 6.07) is 11.8. The highest BCUT2D eigenvalue weighted by molar-refractivity contribution is 5.95. The fourth-order valence-electron chi connectivity index (χ4n) is 4.77. The van der Waals surface area contributed by atoms with E-state index in [-0.39, 0.29) is 12.7 Å². The zero-order chi connectivity index (χ0) is 21.2. The second-order valence-electron chi connectivity index (χ2n) is 8.33. The van der Waals surface area contributed by atoms with Crippen molar-refractivity contribution in [2.24, 2.45) is 0 Å². The minimum atomic E-state index is 0.00976. The van der Waals surface area contributed by atoms with E-state index >= 15 is 0 Å². The van der Waals surface area contributed by atoms with Gasteiger partial charge in [-0.3, -0.25) is 4.79 Å². The number of hydrogen-bond donors (Lipinski definition) is 1. The minimum Gasteiger partial charge on any atom is -0.486 e. The summed E-state index contributed by atoms with van der Waals surface area (Å²) in [5, 5.41) is 0. The second-order valence-corrected chi connectivity index (χ2v) is 8.33. The van der Waals surface area contributed by atoms with E-state index < -0.39 is 0 Å². The van der Waals surface area contributed by atoms with Gasteiger partial charge in [0.05, 0.1) is 19.6 Å². The van der Waals surface area contributed by atoms with Gasteiger partial charge in [0.2, 0.25) is 6.79 Å². The summed E-state index contributed by atoms with van der Waals surface area (Å²) in [5.74, 6) is 2.84. The van der Waals surface area contributed by atoms with Gasteiger partial charge in [0.15, 0.2) is 23.0 Å². The van der Waals surface area contributed by atoms with Gasteiger partial charge in [-0.1, -0.05) is 6.07 Å². The quantitative estimate of drug-likeness (QED) is 0.766. The molecule has 3 aliphatic heterocycles. The van der Waals surface area contributed by atoms with Crippen molar-refractivity contribution >= 4 is 5.91 Å². The van der Waals surface area contributed by atoms with Gasteiger partial charge in [0.25, 0.3) is 5.91 Å². The van der Waals surface area contributed by atoms with Gasteiger partial charge in [0, 0.05) is 24.9 Å². The first kappa shape index (κ1) is 20.0. The summed E-state index contributed by atoms with van der Waals surface area (Å²) in [6.07, 6.45) is 2.36. The molecule has 1 amide bonds. The number of nitrogens with one attached hydrogen (secondary N) is 1. The SMILES string of the molecule is CC[NH+]1CCC[C@H]1CN(Cc1ccc2c(c1)OCCO2)C(=O)c1ccc2c(c1)OCO2. The van der Waals surface area contributed by atoms with Gasteiger partial charge in [0.1, 0.15) is 19.3 Å². The Labute approximate surface area is 182 Å². The Kier molecular flexibility index (Phi) is 5.59. The molecular formula is C24H29N2O5+. The number of quaternary nitrogens is 1. The highest BCUT2D eigenvalue weighted by atomic mass is 16.7. The van der Waals surface area contributed by atoms with Gasteiger partial charge in [-0.2, -0.15) is 0 Å². The standard InChI is InChI=1S/C24H28N2O5/c1-2-25-9-3-4-19(25)15-26(14-17-5-7-20-22(12-17)29-11-10-28-20)24(27)18-6-8-21-23(13-18)31-16-30-21/h5-8,12-13,19H,2-4,9-11,14-16H2,1H3/p+1/t19-/m0/s1. The lowest BCUT2D eigenvalue weighted by atomic mass is 10.1. The summed E-state index contributed by atoms with van der Waals surface area (Å²) in [6.45, 7) is 7.05. The van der Waals surface area contributed by atoms with E-state index in [0.717, 1.165) is 36.6 Å². The summed E-state index contributed by atoms with van der Waals surface area (Å²) >= 11 is 0. The molecule has 0 aliphatic carbocycles. The Morgan fingerprint density at radius 3 is 2.61 bits per heavy atom. The number of carbonyl (C=O) groups excluding carboxylic acids is 1. The Morgan fingerprint density at radius 1 is 1.00 bits per heavy atom. The molecule has 2 aromatic carbocycles. The first-order valence-electron chi connectivity index (χ1n) is 11.1. The minimum absolute atomic E-state index is 0.00976. The van der Waals surface area contributed by atoms with E-state index in [0.29, 0.717) is 42.9 Å². The molecule has 3 heterocycles. The third-order valence-corrected chi connectivity index (χ3v) is 6.41. The Bertz CT molecular complexity index is 963. The number of likely N-dealkylation sites (tertiary alicyclic amines) is 1. The van der Waals surface area contributed by atoms with Gasteiger partial charge in [-0.15, -0.1) is 0 Å². The lowest BCUT2D eigenvalue weighted by molar-refractivity contribution is -0.909. The molecule has 0 bridgehead atoms. The third-order valence-electron chi connectivity index (χ3n) is 6.41. The molecule has 1 fully saturated rings. The molecule has 164 valence electrons. The summed E-state index contributed by atoms with van der Waals surface area (Å²) in [4.78, 5) is 17.1. The third kappa shape index (κ3) is 4.14. The van der Waals surface area contributed by atoms with E-state index in [2.05, 4.69) is 6.92 Å². The van der Waals surface area contributed by atoms with Gasteiger partial charge < -0.3 is 28.7 Å². The summed E-state index contributed by atoms with van der Waals surface area (Å²) in [7, 11) is 0. The van der Waals surface area contributed by atoms with Crippen LogP contribution in [0.15, 0.2) is 36.4 Å². The van der Waals surface area contributed by atoms with Crippen LogP contribution in [0, 0.1) is 0 Å². The topological polar surface area (TPSA) is 61.7 Å². The molecule has 2 aromatic rings. The van der Waals surface area contributed by atoms with Gasteiger partial charge in [-0.05, 0) is 42.8 Å². The molecule has 7 nitrogen and oxygen atoms in total. The summed E-state index contributed by atoms with van der Waals surface area (Å²) < 4.78 is 22.3. The Morgan fingerprint density at radius 2 is 1.74 bits per heavy atom. The van der Waals surface area contributed by atoms with Crippen LogP contribution in [0.25, 0.3) is 0 Å². The normalized spacial score (nSPS) is 21.2. The highest BCUT2D eigenvalue weighted by Gasteiger charge is 2.31. The average molecular weight is 426 g/mol. The van der Waals surface area contributed by atoms with Crippen molar-refractivity contribution in [2.45, 2.75) is 32.4 Å². The maximum Gasteiger partial charge on any atom is 0.254 e. The van der Waals surface area contributed by atoms with Crippen LogP contribution in [-0.2, 0) is 6.54 Å². The largest absolute Gasteiger partial charge is 0.486 e. The van der Waals surface area contributed by atoms with Crippen LogP contribution in [0.4, 0.5) is 0 Å². The van der Waals surface area contributed by atoms with Crippen LogP contribution in [0.2, 0.25) is 0 Å². The van der Waals surface area contributed by atoms with Crippen molar-refractivity contribution < 1.29 is 28.6 Å². The first-order chi connectivity index (χ1) is 15.2. The van der Waals surface area contributed by atoms with E-state index in [1.165, 1.54) is 13.0 Å². The molecule has 3 aliphatic rings. The van der Waals surface area contributed by atoms with Crippen molar-refractivity contribution in [1.82, 2.24) is 4.90 Å². The number of amides is 1. The van der Waals surface area contributed by atoms with Crippen LogP contribution in [0.1, 0.15) is 35.7 Å². The molecule has 0 aromatic heterocycles. The lowest BCUT2D eigenvalue weighted by Crippen LogP contribution is -3.14. The number of hydrogen-bond acceptors (Lipinski definition) is 5. The summed E-state index contributed by atoms with van der Waals surface area (Å²) in [5.41, 5.74) is 1.66. The van der Waals surface area contributed by atoms with Crippen LogP contribution in [0.5, 0.6) is 23.0 Å². The number of fused-ring (bicyclic) bond motifs is 2. The van der Waals surface area contributed by atoms with Crippen molar-refractivity contribution in [3.63, 3.8) is 0 Å². The van der Waals surface area contributed by atoms with Gasteiger partial charge >= 0.3 is 0 Å². The van der Waals surface area contributed by atoms with E-state index in [9.17, 15) is 4.79 Å². The van der Waals surface area contributed by atoms with Gasteiger partial charge in [-0.25, -0.2) is 0 Å². The number of nitrogens with zero attached hydrogens (tertiary/aromatic N) is 1. The maximum absolute atomic E-state index is 13.6. The number of carbonyl (C=O) groups is 1. The van der Waals surface area contributed by atoms with Crippen LogP contribution in [0.3, 0.4) is 0 Å². The number of rotatable bonds is 6. The van der Waals surface area contributed by atoms with Crippen molar-refractivity contribution in [2.75, 3.05) is 39.6 Å².